The Morgan fingerprint density at radius 3 is 2.65 bits per heavy atom. The second kappa shape index (κ2) is 5.54. The van der Waals surface area contributed by atoms with E-state index in [0.29, 0.717) is 0 Å². The van der Waals surface area contributed by atoms with E-state index in [1.165, 1.54) is 36.1 Å². The predicted molar refractivity (Wildman–Crippen MR) is 76.1 cm³/mol. The van der Waals surface area contributed by atoms with Crippen molar-refractivity contribution in [3.63, 3.8) is 0 Å². The summed E-state index contributed by atoms with van der Waals surface area (Å²) in [7, 11) is 0. The van der Waals surface area contributed by atoms with Crippen LogP contribution >= 0.6 is 23.3 Å². The van der Waals surface area contributed by atoms with Gasteiger partial charge in [0.15, 0.2) is 0 Å². The summed E-state index contributed by atoms with van der Waals surface area (Å²) in [5, 5.41) is 4.33. The molecule has 0 bridgehead atoms. The van der Waals surface area contributed by atoms with Gasteiger partial charge in [-0.3, -0.25) is 4.90 Å². The number of hydrogen-bond acceptors (Lipinski definition) is 6. The fourth-order valence-corrected chi connectivity index (χ4v) is 3.41. The summed E-state index contributed by atoms with van der Waals surface area (Å²) < 4.78 is 4.18. The summed E-state index contributed by atoms with van der Waals surface area (Å²) in [4.78, 5) is 6.89. The Bertz CT molecular complexity index is 358. The van der Waals surface area contributed by atoms with Crippen molar-refractivity contribution in [3.8, 4) is 0 Å². The van der Waals surface area contributed by atoms with Crippen LogP contribution in [0.2, 0.25) is 0 Å². The highest BCUT2D eigenvalue weighted by molar-refractivity contribution is 7.99. The largest absolute Gasteiger partial charge is 0.358 e. The Kier molecular flexibility index (Phi) is 4.27. The van der Waals surface area contributed by atoms with E-state index in [9.17, 15) is 0 Å². The number of aromatic nitrogens is 2. The number of nitrogens with one attached hydrogen (secondary N) is 1. The Labute approximate surface area is 111 Å². The molecule has 0 aromatic carbocycles. The molecule has 1 aromatic heterocycles. The van der Waals surface area contributed by atoms with Crippen LogP contribution in [0.15, 0.2) is 0 Å². The highest BCUT2D eigenvalue weighted by Gasteiger charge is 2.27. The predicted octanol–water partition coefficient (Wildman–Crippen LogP) is 2.09. The topological polar surface area (TPSA) is 41.1 Å². The lowest BCUT2D eigenvalue weighted by Gasteiger charge is -2.40. The van der Waals surface area contributed by atoms with Crippen LogP contribution in [0, 0.1) is 6.92 Å². The van der Waals surface area contributed by atoms with E-state index in [4.69, 9.17) is 0 Å². The first kappa shape index (κ1) is 13.1. The highest BCUT2D eigenvalue weighted by atomic mass is 32.2. The van der Waals surface area contributed by atoms with Crippen LogP contribution in [0.5, 0.6) is 0 Å². The van der Waals surface area contributed by atoms with Gasteiger partial charge in [-0.2, -0.15) is 16.1 Å². The second-order valence-corrected chi connectivity index (χ2v) is 6.89. The van der Waals surface area contributed by atoms with E-state index in [1.54, 1.807) is 0 Å². The molecule has 0 radical (unpaired) electrons. The summed E-state index contributed by atoms with van der Waals surface area (Å²) in [6, 6.07) is 0. The van der Waals surface area contributed by atoms with Crippen LogP contribution in [0.1, 0.15) is 19.7 Å². The molecular formula is C11H20N4S2. The third-order valence-corrected chi connectivity index (χ3v) is 4.77. The van der Waals surface area contributed by atoms with E-state index in [1.807, 2.05) is 6.92 Å². The van der Waals surface area contributed by atoms with Gasteiger partial charge >= 0.3 is 0 Å². The smallest absolute Gasteiger partial charge is 0.202 e. The molecule has 1 aromatic rings. The zero-order chi connectivity index (χ0) is 12.3. The van der Waals surface area contributed by atoms with E-state index in [-0.39, 0.29) is 5.54 Å². The Morgan fingerprint density at radius 2 is 2.06 bits per heavy atom. The molecule has 96 valence electrons. The molecule has 4 nitrogen and oxygen atoms in total. The zero-order valence-corrected chi connectivity index (χ0v) is 12.3. The lowest BCUT2D eigenvalue weighted by atomic mass is 10.0. The first-order chi connectivity index (χ1) is 8.08. The molecule has 6 heteroatoms. The Morgan fingerprint density at radius 1 is 1.35 bits per heavy atom. The van der Waals surface area contributed by atoms with Crippen molar-refractivity contribution in [3.05, 3.63) is 5.82 Å². The SMILES string of the molecule is Cc1nsc(NCC(C)(C)N2CCSCC2)n1. The van der Waals surface area contributed by atoms with Crippen molar-refractivity contribution in [2.45, 2.75) is 26.3 Å². The molecule has 17 heavy (non-hydrogen) atoms. The third-order valence-electron chi connectivity index (χ3n) is 3.07. The lowest BCUT2D eigenvalue weighted by Crippen LogP contribution is -2.52. The van der Waals surface area contributed by atoms with Crippen LogP contribution in [0.3, 0.4) is 0 Å². The number of rotatable bonds is 4. The number of anilines is 1. The average Bonchev–Trinajstić information content (AvgIpc) is 2.74. The number of hydrogen-bond donors (Lipinski definition) is 1. The number of aryl methyl sites for hydroxylation is 1. The van der Waals surface area contributed by atoms with Gasteiger partial charge in [-0.15, -0.1) is 0 Å². The van der Waals surface area contributed by atoms with E-state index in [0.717, 1.165) is 17.5 Å². The maximum absolute atomic E-state index is 4.33. The molecule has 0 amide bonds. The summed E-state index contributed by atoms with van der Waals surface area (Å²) in [5.41, 5.74) is 0.181. The van der Waals surface area contributed by atoms with Crippen molar-refractivity contribution in [1.29, 1.82) is 0 Å². The molecule has 1 aliphatic rings. The minimum atomic E-state index is 0.181. The van der Waals surface area contributed by atoms with Gasteiger partial charge in [-0.25, -0.2) is 4.98 Å². The molecule has 1 fully saturated rings. The fraction of sp³-hybridized carbons (Fsp3) is 0.818. The molecular weight excluding hydrogens is 252 g/mol. The molecule has 0 unspecified atom stereocenters. The third kappa shape index (κ3) is 3.56. The molecule has 0 aliphatic carbocycles. The maximum atomic E-state index is 4.33. The van der Waals surface area contributed by atoms with Crippen LogP contribution in [-0.2, 0) is 0 Å². The monoisotopic (exact) mass is 272 g/mol. The van der Waals surface area contributed by atoms with E-state index < -0.39 is 0 Å². The van der Waals surface area contributed by atoms with Gasteiger partial charge < -0.3 is 5.32 Å². The Balaban J connectivity index is 1.87. The Hall–Kier alpha value is -0.330. The summed E-state index contributed by atoms with van der Waals surface area (Å²) >= 11 is 3.49. The molecule has 0 saturated carbocycles. The van der Waals surface area contributed by atoms with Crippen LogP contribution in [0.25, 0.3) is 0 Å². The second-order valence-electron chi connectivity index (χ2n) is 4.91. The van der Waals surface area contributed by atoms with Crippen LogP contribution < -0.4 is 5.32 Å². The van der Waals surface area contributed by atoms with E-state index in [2.05, 4.69) is 45.2 Å². The van der Waals surface area contributed by atoms with Gasteiger partial charge in [-0.05, 0) is 20.8 Å². The minimum absolute atomic E-state index is 0.181. The molecule has 1 aliphatic heterocycles. The van der Waals surface area contributed by atoms with Gasteiger partial charge in [0.25, 0.3) is 0 Å². The van der Waals surface area contributed by atoms with Gasteiger partial charge in [0.05, 0.1) is 0 Å². The summed E-state index contributed by atoms with van der Waals surface area (Å²) in [5.74, 6) is 3.35. The van der Waals surface area contributed by atoms with Crippen molar-refractivity contribution >= 4 is 28.4 Å². The van der Waals surface area contributed by atoms with Gasteiger partial charge in [0.1, 0.15) is 5.82 Å². The summed E-state index contributed by atoms with van der Waals surface area (Å²) in [6.45, 7) is 9.82. The van der Waals surface area contributed by atoms with Crippen LogP contribution in [0.4, 0.5) is 5.13 Å². The molecule has 2 rings (SSSR count). The minimum Gasteiger partial charge on any atom is -0.358 e. The number of nitrogens with zero attached hydrogens (tertiary/aromatic N) is 3. The van der Waals surface area contributed by atoms with Crippen molar-refractivity contribution < 1.29 is 0 Å². The molecule has 1 N–H and O–H groups in total. The van der Waals surface area contributed by atoms with Crippen molar-refractivity contribution in [2.75, 3.05) is 36.5 Å². The van der Waals surface area contributed by atoms with Gasteiger partial charge in [0.2, 0.25) is 5.13 Å². The zero-order valence-electron chi connectivity index (χ0n) is 10.7. The van der Waals surface area contributed by atoms with Crippen molar-refractivity contribution in [2.24, 2.45) is 0 Å². The number of thioether (sulfide) groups is 1. The molecule has 2 heterocycles. The highest BCUT2D eigenvalue weighted by Crippen LogP contribution is 2.21. The van der Waals surface area contributed by atoms with Crippen LogP contribution in [-0.4, -0.2) is 50.9 Å². The first-order valence-electron chi connectivity index (χ1n) is 5.95. The van der Waals surface area contributed by atoms with E-state index >= 15 is 0 Å². The van der Waals surface area contributed by atoms with Gasteiger partial charge in [-0.1, -0.05) is 0 Å². The summed E-state index contributed by atoms with van der Waals surface area (Å²) in [6.07, 6.45) is 0. The first-order valence-corrected chi connectivity index (χ1v) is 7.88. The lowest BCUT2D eigenvalue weighted by molar-refractivity contribution is 0.146. The quantitative estimate of drug-likeness (QED) is 0.909. The van der Waals surface area contributed by atoms with Gasteiger partial charge in [0, 0.05) is 48.2 Å². The fourth-order valence-electron chi connectivity index (χ4n) is 1.94. The normalized spacial score (nSPS) is 18.3. The standard InChI is InChI=1S/C11H20N4S2/c1-9-13-10(17-14-9)12-8-11(2,3)15-4-6-16-7-5-15/h4-8H2,1-3H3,(H,12,13,14). The molecule has 1 saturated heterocycles. The average molecular weight is 272 g/mol. The molecule has 0 atom stereocenters. The maximum Gasteiger partial charge on any atom is 0.202 e. The van der Waals surface area contributed by atoms with Crippen molar-refractivity contribution in [1.82, 2.24) is 14.3 Å². The molecule has 0 spiro atoms.